The van der Waals surface area contributed by atoms with Gasteiger partial charge in [0.25, 0.3) is 5.91 Å². The number of ether oxygens (including phenoxy) is 2. The number of fused-ring (bicyclic) bond motifs is 1. The summed E-state index contributed by atoms with van der Waals surface area (Å²) >= 11 is 0. The van der Waals surface area contributed by atoms with Gasteiger partial charge in [0.15, 0.2) is 0 Å². The fourth-order valence-electron chi connectivity index (χ4n) is 4.16. The Labute approximate surface area is 149 Å². The van der Waals surface area contributed by atoms with Crippen molar-refractivity contribution in [3.05, 3.63) is 29.6 Å². The van der Waals surface area contributed by atoms with Crippen molar-refractivity contribution in [2.24, 2.45) is 11.3 Å². The molecule has 1 saturated carbocycles. The molecule has 0 aromatic carbocycles. The molecule has 5 heteroatoms. The van der Waals surface area contributed by atoms with E-state index < -0.39 is 0 Å². The maximum absolute atomic E-state index is 12.9. The van der Waals surface area contributed by atoms with Crippen molar-refractivity contribution in [1.29, 1.82) is 0 Å². The number of carbonyl (C=O) groups excluding carboxylic acids is 1. The van der Waals surface area contributed by atoms with Crippen LogP contribution in [0.25, 0.3) is 0 Å². The molecule has 0 bridgehead atoms. The van der Waals surface area contributed by atoms with Crippen LogP contribution in [0.4, 0.5) is 0 Å². The van der Waals surface area contributed by atoms with Crippen LogP contribution in [-0.4, -0.2) is 54.8 Å². The molecule has 1 amide bonds. The second kappa shape index (κ2) is 7.04. The molecule has 25 heavy (non-hydrogen) atoms. The van der Waals surface area contributed by atoms with Gasteiger partial charge in [-0.2, -0.15) is 0 Å². The summed E-state index contributed by atoms with van der Waals surface area (Å²) in [4.78, 5) is 19.2. The summed E-state index contributed by atoms with van der Waals surface area (Å²) in [6.07, 6.45) is 7.56. The van der Waals surface area contributed by atoms with Gasteiger partial charge in [-0.15, -0.1) is 0 Å². The molecule has 0 N–H and O–H groups in total. The van der Waals surface area contributed by atoms with Crippen molar-refractivity contribution < 1.29 is 14.3 Å². The third-order valence-corrected chi connectivity index (χ3v) is 5.87. The zero-order valence-electron chi connectivity index (χ0n) is 15.1. The fraction of sp³-hybridized carbons (Fsp3) is 0.700. The summed E-state index contributed by atoms with van der Waals surface area (Å²) < 4.78 is 12.2. The molecule has 3 aliphatic rings. The number of likely N-dealkylation sites (tertiary alicyclic amines) is 1. The molecule has 1 aliphatic carbocycles. The highest BCUT2D eigenvalue weighted by atomic mass is 16.5. The molecule has 2 aliphatic heterocycles. The average Bonchev–Trinajstić information content (AvgIpc) is 3.45. The maximum Gasteiger partial charge on any atom is 0.255 e. The van der Waals surface area contributed by atoms with Crippen molar-refractivity contribution in [2.45, 2.75) is 45.1 Å². The molecular formula is C20H28N2O3. The normalized spacial score (nSPS) is 29.3. The van der Waals surface area contributed by atoms with E-state index in [4.69, 9.17) is 9.47 Å². The van der Waals surface area contributed by atoms with E-state index in [1.165, 1.54) is 12.8 Å². The molecule has 0 radical (unpaired) electrons. The van der Waals surface area contributed by atoms with Crippen LogP contribution in [0, 0.1) is 18.3 Å². The lowest BCUT2D eigenvalue weighted by Crippen LogP contribution is -2.58. The smallest absolute Gasteiger partial charge is 0.255 e. The summed E-state index contributed by atoms with van der Waals surface area (Å²) in [5, 5.41) is 0. The highest BCUT2D eigenvalue weighted by molar-refractivity contribution is 5.94. The van der Waals surface area contributed by atoms with Crippen LogP contribution < -0.4 is 0 Å². The van der Waals surface area contributed by atoms with Gasteiger partial charge in [-0.05, 0) is 57.1 Å². The molecule has 4 rings (SSSR count). The Hall–Kier alpha value is -1.46. The number of amides is 1. The molecule has 0 spiro atoms. The monoisotopic (exact) mass is 344 g/mol. The number of hydrogen-bond donors (Lipinski definition) is 0. The molecule has 136 valence electrons. The largest absolute Gasteiger partial charge is 0.380 e. The van der Waals surface area contributed by atoms with E-state index in [-0.39, 0.29) is 17.4 Å². The number of rotatable bonds is 5. The van der Waals surface area contributed by atoms with Gasteiger partial charge in [-0.1, -0.05) is 0 Å². The quantitative estimate of drug-likeness (QED) is 0.824. The van der Waals surface area contributed by atoms with E-state index >= 15 is 0 Å². The second-order valence-electron chi connectivity index (χ2n) is 7.99. The number of carbonyl (C=O) groups is 1. The van der Waals surface area contributed by atoms with Crippen molar-refractivity contribution in [3.63, 3.8) is 0 Å². The maximum atomic E-state index is 12.9. The van der Waals surface area contributed by atoms with Crippen LogP contribution >= 0.6 is 0 Å². The minimum absolute atomic E-state index is 0.0425. The number of nitrogens with zero attached hydrogens (tertiary/aromatic N) is 2. The highest BCUT2D eigenvalue weighted by Crippen LogP contribution is 2.41. The van der Waals surface area contributed by atoms with Crippen LogP contribution in [0.3, 0.4) is 0 Å². The number of aryl methyl sites for hydroxylation is 1. The Morgan fingerprint density at radius 3 is 3.04 bits per heavy atom. The van der Waals surface area contributed by atoms with E-state index in [0.717, 1.165) is 57.2 Å². The summed E-state index contributed by atoms with van der Waals surface area (Å²) in [6, 6.07) is 3.78. The Morgan fingerprint density at radius 2 is 2.28 bits per heavy atom. The molecule has 2 saturated heterocycles. The van der Waals surface area contributed by atoms with Gasteiger partial charge in [0.1, 0.15) is 0 Å². The Bertz CT molecular complexity index is 614. The highest BCUT2D eigenvalue weighted by Gasteiger charge is 2.47. The van der Waals surface area contributed by atoms with Crippen molar-refractivity contribution in [3.8, 4) is 0 Å². The summed E-state index contributed by atoms with van der Waals surface area (Å²) in [6.45, 7) is 5.83. The SMILES string of the molecule is Cc1ccc(C(=O)N2CC[C@H]3OCCC[C@@]3(COCC3CC3)C2)cn1. The van der Waals surface area contributed by atoms with E-state index in [2.05, 4.69) is 4.98 Å². The summed E-state index contributed by atoms with van der Waals surface area (Å²) in [5.41, 5.74) is 1.56. The topological polar surface area (TPSA) is 51.7 Å². The first-order valence-electron chi connectivity index (χ1n) is 9.58. The van der Waals surface area contributed by atoms with Gasteiger partial charge in [-0.3, -0.25) is 9.78 Å². The Morgan fingerprint density at radius 1 is 1.40 bits per heavy atom. The van der Waals surface area contributed by atoms with Crippen LogP contribution in [0.5, 0.6) is 0 Å². The number of pyridine rings is 1. The average molecular weight is 344 g/mol. The molecule has 1 aromatic rings. The van der Waals surface area contributed by atoms with Crippen LogP contribution in [0.1, 0.15) is 48.2 Å². The van der Waals surface area contributed by atoms with Crippen LogP contribution in [-0.2, 0) is 9.47 Å². The van der Waals surface area contributed by atoms with E-state index in [9.17, 15) is 4.79 Å². The van der Waals surface area contributed by atoms with Crippen molar-refractivity contribution in [1.82, 2.24) is 9.88 Å². The lowest BCUT2D eigenvalue weighted by atomic mass is 9.73. The van der Waals surface area contributed by atoms with Gasteiger partial charge in [-0.25, -0.2) is 0 Å². The molecule has 2 atom stereocenters. The van der Waals surface area contributed by atoms with E-state index in [0.29, 0.717) is 12.2 Å². The van der Waals surface area contributed by atoms with Gasteiger partial charge in [0, 0.05) is 43.6 Å². The third-order valence-electron chi connectivity index (χ3n) is 5.87. The number of hydrogen-bond acceptors (Lipinski definition) is 4. The molecule has 0 unspecified atom stereocenters. The predicted molar refractivity (Wildman–Crippen MR) is 94.4 cm³/mol. The van der Waals surface area contributed by atoms with Gasteiger partial charge < -0.3 is 14.4 Å². The lowest BCUT2D eigenvalue weighted by molar-refractivity contribution is -0.147. The first kappa shape index (κ1) is 17.0. The first-order valence-corrected chi connectivity index (χ1v) is 9.58. The summed E-state index contributed by atoms with van der Waals surface area (Å²) in [7, 11) is 0. The summed E-state index contributed by atoms with van der Waals surface area (Å²) in [5.74, 6) is 0.845. The van der Waals surface area contributed by atoms with Crippen molar-refractivity contribution >= 4 is 5.91 Å². The van der Waals surface area contributed by atoms with E-state index in [1.807, 2.05) is 24.0 Å². The standard InChI is InChI=1S/C20H28N2O3/c1-15-3-6-17(11-21-15)19(23)22-9-7-18-20(13-22,8-2-10-25-18)14-24-12-16-4-5-16/h3,6,11,16,18H,2,4-5,7-10,12-14H2,1H3/t18-,20+/m1/s1. The molecule has 1 aromatic heterocycles. The Kier molecular flexibility index (Phi) is 4.78. The predicted octanol–water partition coefficient (Wildman–Crippen LogP) is 2.83. The van der Waals surface area contributed by atoms with Crippen molar-refractivity contribution in [2.75, 3.05) is 32.9 Å². The minimum atomic E-state index is -0.0425. The van der Waals surface area contributed by atoms with Crippen LogP contribution in [0.2, 0.25) is 0 Å². The molecule has 3 fully saturated rings. The zero-order valence-corrected chi connectivity index (χ0v) is 15.1. The fourth-order valence-corrected chi connectivity index (χ4v) is 4.16. The third kappa shape index (κ3) is 3.72. The Balaban J connectivity index is 1.46. The van der Waals surface area contributed by atoms with Gasteiger partial charge in [0.2, 0.25) is 0 Å². The first-order chi connectivity index (χ1) is 12.2. The number of aromatic nitrogens is 1. The molecular weight excluding hydrogens is 316 g/mol. The lowest BCUT2D eigenvalue weighted by Gasteiger charge is -2.50. The molecule has 3 heterocycles. The molecule has 5 nitrogen and oxygen atoms in total. The second-order valence-corrected chi connectivity index (χ2v) is 7.99. The number of piperidine rings is 1. The van der Waals surface area contributed by atoms with E-state index in [1.54, 1.807) is 6.20 Å². The van der Waals surface area contributed by atoms with Gasteiger partial charge in [0.05, 0.1) is 18.3 Å². The van der Waals surface area contributed by atoms with Gasteiger partial charge >= 0.3 is 0 Å². The minimum Gasteiger partial charge on any atom is -0.380 e. The zero-order chi connectivity index (χ0) is 17.3. The van der Waals surface area contributed by atoms with Crippen LogP contribution in [0.15, 0.2) is 18.3 Å².